The third-order valence-electron chi connectivity index (χ3n) is 3.91. The minimum absolute atomic E-state index is 0.0591. The lowest BCUT2D eigenvalue weighted by molar-refractivity contribution is -0.394. The number of hydrogen-bond donors (Lipinski definition) is 1. The molecule has 0 bridgehead atoms. The first kappa shape index (κ1) is 17.1. The van der Waals surface area contributed by atoms with Gasteiger partial charge in [-0.05, 0) is 24.6 Å². The molecule has 2 aromatic rings. The van der Waals surface area contributed by atoms with Crippen molar-refractivity contribution < 1.29 is 24.1 Å². The summed E-state index contributed by atoms with van der Waals surface area (Å²) in [4.78, 5) is 32.9. The maximum atomic E-state index is 12.4. The van der Waals surface area contributed by atoms with Crippen LogP contribution in [-0.4, -0.2) is 22.5 Å². The lowest BCUT2D eigenvalue weighted by Gasteiger charge is -2.09. The summed E-state index contributed by atoms with van der Waals surface area (Å²) in [5.41, 5.74) is -0.335. The minimum atomic E-state index is -0.777. The van der Waals surface area contributed by atoms with E-state index in [-0.39, 0.29) is 24.5 Å². The lowest BCUT2D eigenvalue weighted by Crippen LogP contribution is -2.24. The molecule has 1 aliphatic rings. The van der Waals surface area contributed by atoms with Gasteiger partial charge in [0.25, 0.3) is 17.3 Å². The van der Waals surface area contributed by atoms with Crippen LogP contribution in [0.3, 0.4) is 0 Å². The van der Waals surface area contributed by atoms with E-state index in [9.17, 15) is 25.0 Å². The molecule has 10 heteroatoms. The minimum Gasteiger partial charge on any atom is -0.454 e. The zero-order valence-corrected chi connectivity index (χ0v) is 13.6. The van der Waals surface area contributed by atoms with Gasteiger partial charge in [-0.3, -0.25) is 25.0 Å². The Bertz CT molecular complexity index is 926. The Hall–Kier alpha value is -3.69. The summed E-state index contributed by atoms with van der Waals surface area (Å²) in [7, 11) is 0. The average Bonchev–Trinajstić information content (AvgIpc) is 3.07. The van der Waals surface area contributed by atoms with E-state index in [1.54, 1.807) is 18.2 Å². The van der Waals surface area contributed by atoms with E-state index in [2.05, 4.69) is 5.32 Å². The molecular weight excluding hydrogens is 346 g/mol. The van der Waals surface area contributed by atoms with Crippen LogP contribution in [0.4, 0.5) is 11.4 Å². The topological polar surface area (TPSA) is 134 Å². The van der Waals surface area contributed by atoms with Crippen LogP contribution in [0.15, 0.2) is 30.3 Å². The highest BCUT2D eigenvalue weighted by Gasteiger charge is 2.24. The Labute approximate surface area is 146 Å². The van der Waals surface area contributed by atoms with Crippen LogP contribution >= 0.6 is 0 Å². The van der Waals surface area contributed by atoms with Gasteiger partial charge in [-0.25, -0.2) is 0 Å². The van der Waals surface area contributed by atoms with Crippen molar-refractivity contribution in [2.24, 2.45) is 0 Å². The highest BCUT2D eigenvalue weighted by atomic mass is 16.7. The highest BCUT2D eigenvalue weighted by molar-refractivity contribution is 5.97. The molecule has 0 aliphatic carbocycles. The summed E-state index contributed by atoms with van der Waals surface area (Å²) in [6, 6.07) is 7.00. The van der Waals surface area contributed by atoms with Crippen LogP contribution in [-0.2, 0) is 6.54 Å². The summed E-state index contributed by atoms with van der Waals surface area (Å²) in [6.45, 7) is 1.62. The molecule has 0 fully saturated rings. The number of carbonyl (C=O) groups is 1. The van der Waals surface area contributed by atoms with Crippen molar-refractivity contribution in [1.29, 1.82) is 0 Å². The predicted molar refractivity (Wildman–Crippen MR) is 88.2 cm³/mol. The smallest absolute Gasteiger partial charge is 0.279 e. The number of amides is 1. The van der Waals surface area contributed by atoms with E-state index >= 15 is 0 Å². The SMILES string of the molecule is Cc1c(C(=O)NCc2ccc3c(c2)OCO3)cc([N+](=O)[O-])cc1[N+](=O)[O-]. The van der Waals surface area contributed by atoms with Crippen molar-refractivity contribution in [2.75, 3.05) is 6.79 Å². The number of hydrogen-bond acceptors (Lipinski definition) is 7. The molecule has 1 aliphatic heterocycles. The Kier molecular flexibility index (Phi) is 4.40. The number of ether oxygens (including phenoxy) is 2. The fraction of sp³-hybridized carbons (Fsp3) is 0.188. The maximum absolute atomic E-state index is 12.4. The molecule has 0 atom stereocenters. The summed E-state index contributed by atoms with van der Waals surface area (Å²) in [5.74, 6) is 0.510. The zero-order chi connectivity index (χ0) is 18.8. The van der Waals surface area contributed by atoms with Crippen molar-refractivity contribution in [2.45, 2.75) is 13.5 Å². The van der Waals surface area contributed by atoms with E-state index < -0.39 is 27.1 Å². The standard InChI is InChI=1S/C16H13N3O7/c1-9-12(5-11(18(21)22)6-13(9)19(23)24)16(20)17-7-10-2-3-14-15(4-10)26-8-25-14/h2-6H,7-8H2,1H3,(H,17,20). The molecule has 2 aromatic carbocycles. The van der Waals surface area contributed by atoms with Gasteiger partial charge in [0.15, 0.2) is 11.5 Å². The number of nitrogens with zero attached hydrogens (tertiary/aromatic N) is 2. The third kappa shape index (κ3) is 3.24. The van der Waals surface area contributed by atoms with Gasteiger partial charge >= 0.3 is 0 Å². The molecular formula is C16H13N3O7. The molecule has 0 aromatic heterocycles. The molecule has 0 saturated carbocycles. The zero-order valence-electron chi connectivity index (χ0n) is 13.6. The Morgan fingerprint density at radius 1 is 1.12 bits per heavy atom. The Morgan fingerprint density at radius 3 is 2.54 bits per heavy atom. The van der Waals surface area contributed by atoms with E-state index in [4.69, 9.17) is 9.47 Å². The highest BCUT2D eigenvalue weighted by Crippen LogP contribution is 2.32. The van der Waals surface area contributed by atoms with Crippen molar-refractivity contribution in [1.82, 2.24) is 5.32 Å². The number of non-ortho nitro benzene ring substituents is 1. The van der Waals surface area contributed by atoms with E-state index in [1.807, 2.05) is 0 Å². The second kappa shape index (κ2) is 6.67. The lowest BCUT2D eigenvalue weighted by atomic mass is 10.0. The Balaban J connectivity index is 1.83. The van der Waals surface area contributed by atoms with Gasteiger partial charge in [0.2, 0.25) is 6.79 Å². The van der Waals surface area contributed by atoms with Crippen LogP contribution in [0.25, 0.3) is 0 Å². The first-order valence-electron chi connectivity index (χ1n) is 7.47. The molecule has 1 N–H and O–H groups in total. The van der Waals surface area contributed by atoms with Crippen LogP contribution in [0, 0.1) is 27.2 Å². The first-order valence-corrected chi connectivity index (χ1v) is 7.47. The number of rotatable bonds is 5. The van der Waals surface area contributed by atoms with Crippen LogP contribution < -0.4 is 14.8 Å². The van der Waals surface area contributed by atoms with Gasteiger partial charge in [0.05, 0.1) is 21.5 Å². The van der Waals surface area contributed by atoms with Gasteiger partial charge in [0.1, 0.15) is 0 Å². The summed E-state index contributed by atoms with van der Waals surface area (Å²) >= 11 is 0. The summed E-state index contributed by atoms with van der Waals surface area (Å²) in [6.07, 6.45) is 0. The molecule has 1 heterocycles. The van der Waals surface area contributed by atoms with Crippen LogP contribution in [0.1, 0.15) is 21.5 Å². The number of fused-ring (bicyclic) bond motifs is 1. The molecule has 0 unspecified atom stereocenters. The fourth-order valence-electron chi connectivity index (χ4n) is 2.54. The molecule has 3 rings (SSSR count). The third-order valence-corrected chi connectivity index (χ3v) is 3.91. The van der Waals surface area contributed by atoms with Crippen LogP contribution in [0.5, 0.6) is 11.5 Å². The van der Waals surface area contributed by atoms with Crippen molar-refractivity contribution >= 4 is 17.3 Å². The van der Waals surface area contributed by atoms with Gasteiger partial charge in [-0.2, -0.15) is 0 Å². The second-order valence-corrected chi connectivity index (χ2v) is 5.52. The normalized spacial score (nSPS) is 11.9. The van der Waals surface area contributed by atoms with Crippen molar-refractivity contribution in [3.05, 3.63) is 67.3 Å². The summed E-state index contributed by atoms with van der Waals surface area (Å²) in [5, 5.41) is 24.7. The van der Waals surface area contributed by atoms with E-state index in [0.717, 1.165) is 17.7 Å². The number of nitro groups is 2. The number of nitrogens with one attached hydrogen (secondary N) is 1. The fourth-order valence-corrected chi connectivity index (χ4v) is 2.54. The van der Waals surface area contributed by atoms with Crippen molar-refractivity contribution in [3.63, 3.8) is 0 Å². The molecule has 26 heavy (non-hydrogen) atoms. The number of carbonyl (C=O) groups excluding carboxylic acids is 1. The van der Waals surface area contributed by atoms with Gasteiger partial charge in [-0.15, -0.1) is 0 Å². The van der Waals surface area contributed by atoms with Gasteiger partial charge in [0, 0.05) is 18.2 Å². The van der Waals surface area contributed by atoms with Gasteiger partial charge < -0.3 is 14.8 Å². The Morgan fingerprint density at radius 2 is 1.85 bits per heavy atom. The quantitative estimate of drug-likeness (QED) is 0.640. The predicted octanol–water partition coefficient (Wildman–Crippen LogP) is 2.47. The molecule has 0 spiro atoms. The van der Waals surface area contributed by atoms with Crippen molar-refractivity contribution in [3.8, 4) is 11.5 Å². The molecule has 0 saturated heterocycles. The van der Waals surface area contributed by atoms with E-state index in [0.29, 0.717) is 11.5 Å². The maximum Gasteiger partial charge on any atom is 0.279 e. The molecule has 10 nitrogen and oxygen atoms in total. The monoisotopic (exact) mass is 359 g/mol. The summed E-state index contributed by atoms with van der Waals surface area (Å²) < 4.78 is 10.4. The number of nitro benzene ring substituents is 2. The molecule has 1 amide bonds. The number of benzene rings is 2. The first-order chi connectivity index (χ1) is 12.4. The van der Waals surface area contributed by atoms with Crippen LogP contribution in [0.2, 0.25) is 0 Å². The average molecular weight is 359 g/mol. The largest absolute Gasteiger partial charge is 0.454 e. The molecule has 0 radical (unpaired) electrons. The second-order valence-electron chi connectivity index (χ2n) is 5.52. The van der Waals surface area contributed by atoms with E-state index in [1.165, 1.54) is 6.92 Å². The molecule has 134 valence electrons. The van der Waals surface area contributed by atoms with Gasteiger partial charge in [-0.1, -0.05) is 6.07 Å².